The van der Waals surface area contributed by atoms with Gasteiger partial charge < -0.3 is 39.5 Å². The third-order valence-electron chi connectivity index (χ3n) is 10.8. The number of hydrogen-bond donors (Lipinski definition) is 2. The highest BCUT2D eigenvalue weighted by molar-refractivity contribution is 5.91. The van der Waals surface area contributed by atoms with E-state index in [4.69, 9.17) is 14.2 Å². The largest absolute Gasteiger partial charge is 0.497 e. The molecule has 4 aliphatic heterocycles. The van der Waals surface area contributed by atoms with Crippen LogP contribution in [0.2, 0.25) is 0 Å². The number of anilines is 1. The van der Waals surface area contributed by atoms with Crippen molar-refractivity contribution in [3.63, 3.8) is 0 Å². The van der Waals surface area contributed by atoms with Gasteiger partial charge in [-0.25, -0.2) is 9.59 Å². The highest BCUT2D eigenvalue weighted by Crippen LogP contribution is 2.29. The summed E-state index contributed by atoms with van der Waals surface area (Å²) in [7, 11) is 1.63. The molecule has 2 aromatic rings. The van der Waals surface area contributed by atoms with Crippen LogP contribution in [-0.2, 0) is 27.2 Å². The van der Waals surface area contributed by atoms with Crippen molar-refractivity contribution in [3.05, 3.63) is 52.6 Å². The van der Waals surface area contributed by atoms with Gasteiger partial charge in [0.25, 0.3) is 0 Å². The second-order valence-corrected chi connectivity index (χ2v) is 14.2. The van der Waals surface area contributed by atoms with E-state index in [9.17, 15) is 19.2 Å². The lowest BCUT2D eigenvalue weighted by Crippen LogP contribution is -2.59. The summed E-state index contributed by atoms with van der Waals surface area (Å²) in [4.78, 5) is 60.9. The molecule has 0 spiro atoms. The molecular formula is C38H52N6O7. The molecule has 4 heterocycles. The Kier molecular flexibility index (Phi) is 11.7. The van der Waals surface area contributed by atoms with Crippen LogP contribution in [0.15, 0.2) is 30.3 Å². The molecule has 0 bridgehead atoms. The third kappa shape index (κ3) is 8.75. The Bertz CT molecular complexity index is 1570. The summed E-state index contributed by atoms with van der Waals surface area (Å²) in [5.41, 5.74) is 4.31. The number of ether oxygens (including phenoxy) is 3. The number of hydrogen-bond acceptors (Lipinski definition) is 8. The number of likely N-dealkylation sites (tertiary alicyclic amines) is 1. The first-order valence-electron chi connectivity index (χ1n) is 18.3. The van der Waals surface area contributed by atoms with Gasteiger partial charge in [0, 0.05) is 90.1 Å². The van der Waals surface area contributed by atoms with E-state index in [1.165, 1.54) is 6.92 Å². The van der Waals surface area contributed by atoms with Crippen molar-refractivity contribution in [2.24, 2.45) is 0 Å². The minimum Gasteiger partial charge on any atom is -0.497 e. The molecule has 51 heavy (non-hydrogen) atoms. The van der Waals surface area contributed by atoms with Crippen LogP contribution < -0.4 is 20.1 Å². The van der Waals surface area contributed by atoms with Crippen molar-refractivity contribution in [1.29, 1.82) is 0 Å². The average Bonchev–Trinajstić information content (AvgIpc) is 3.30. The van der Waals surface area contributed by atoms with E-state index in [0.29, 0.717) is 70.2 Å². The van der Waals surface area contributed by atoms with E-state index in [1.54, 1.807) is 12.0 Å². The molecule has 2 N–H and O–H groups in total. The maximum Gasteiger partial charge on any atom is 0.322 e. The number of rotatable bonds is 8. The first-order valence-corrected chi connectivity index (χ1v) is 18.3. The quantitative estimate of drug-likeness (QED) is 0.314. The summed E-state index contributed by atoms with van der Waals surface area (Å²) in [5.74, 6) is 0.794. The van der Waals surface area contributed by atoms with Crippen LogP contribution >= 0.6 is 0 Å². The Morgan fingerprint density at radius 3 is 2.24 bits per heavy atom. The molecule has 13 nitrogen and oxygen atoms in total. The van der Waals surface area contributed by atoms with Gasteiger partial charge in [0.1, 0.15) is 17.5 Å². The fraction of sp³-hybridized carbons (Fsp3) is 0.579. The van der Waals surface area contributed by atoms with E-state index < -0.39 is 6.04 Å². The number of piperazine rings is 1. The van der Waals surface area contributed by atoms with Gasteiger partial charge in [-0.2, -0.15) is 0 Å². The van der Waals surface area contributed by atoms with Crippen LogP contribution in [-0.4, -0.2) is 128 Å². The summed E-state index contributed by atoms with van der Waals surface area (Å²) >= 11 is 0. The maximum atomic E-state index is 14.2. The molecule has 5 amide bonds. The number of nitrogens with one attached hydrogen (secondary N) is 2. The summed E-state index contributed by atoms with van der Waals surface area (Å²) in [5, 5.41) is 6.16. The monoisotopic (exact) mass is 704 g/mol. The molecule has 276 valence electrons. The fourth-order valence-electron chi connectivity index (χ4n) is 8.00. The molecule has 13 heteroatoms. The molecule has 0 aliphatic carbocycles. The highest BCUT2D eigenvalue weighted by atomic mass is 16.5. The van der Waals surface area contributed by atoms with E-state index in [0.717, 1.165) is 72.8 Å². The van der Waals surface area contributed by atoms with E-state index >= 15 is 0 Å². The summed E-state index contributed by atoms with van der Waals surface area (Å²) in [6.07, 6.45) is 4.32. The van der Waals surface area contributed by atoms with Crippen LogP contribution in [0.5, 0.6) is 11.5 Å². The summed E-state index contributed by atoms with van der Waals surface area (Å²) < 4.78 is 16.4. The van der Waals surface area contributed by atoms with E-state index in [1.807, 2.05) is 54.0 Å². The molecule has 6 rings (SSSR count). The van der Waals surface area contributed by atoms with Crippen LogP contribution in [0.1, 0.15) is 54.9 Å². The Morgan fingerprint density at radius 1 is 0.902 bits per heavy atom. The maximum absolute atomic E-state index is 14.2. The predicted molar refractivity (Wildman–Crippen MR) is 192 cm³/mol. The molecule has 0 unspecified atom stereocenters. The van der Waals surface area contributed by atoms with Crippen LogP contribution in [0.4, 0.5) is 15.3 Å². The van der Waals surface area contributed by atoms with Gasteiger partial charge in [-0.15, -0.1) is 0 Å². The number of benzene rings is 2. The van der Waals surface area contributed by atoms with Gasteiger partial charge in [-0.05, 0) is 86.4 Å². The smallest absolute Gasteiger partial charge is 0.322 e. The molecule has 0 saturated carbocycles. The highest BCUT2D eigenvalue weighted by Gasteiger charge is 2.35. The standard InChI is InChI=1S/C38H52N6O7/c1-25-21-28(22-26(2)35(25)51-27(3)45)23-34(36(46)42-17-15-41(16-18-42)30-10-19-50-20-11-30)40-37(47)43-12-8-31(9-13-43)44-14-7-29-24-32(49-4)5-6-33(29)39-38(44)48/h5-6,21-22,24,30-31,34H,7-20,23H2,1-4H3,(H,39,48)(H,40,47)/t34-/m1/s1. The Morgan fingerprint density at radius 2 is 1.59 bits per heavy atom. The van der Waals surface area contributed by atoms with Crippen molar-refractivity contribution < 1.29 is 33.4 Å². The molecular weight excluding hydrogens is 652 g/mol. The number of fused-ring (bicyclic) bond motifs is 1. The van der Waals surface area contributed by atoms with Gasteiger partial charge in [0.2, 0.25) is 5.91 Å². The SMILES string of the molecule is COc1ccc2c(c1)CCN(C1CCN(C(=O)N[C@H](Cc3cc(C)c(OC(C)=O)c(C)c3)C(=O)N3CCN(C4CCOCC4)CC3)CC1)C(=O)N2. The lowest BCUT2D eigenvalue weighted by atomic mass is 9.98. The lowest BCUT2D eigenvalue weighted by molar-refractivity contribution is -0.135. The molecule has 0 aromatic heterocycles. The molecule has 3 fully saturated rings. The Balaban J connectivity index is 1.10. The number of urea groups is 2. The van der Waals surface area contributed by atoms with Crippen molar-refractivity contribution in [2.45, 2.75) is 77.4 Å². The van der Waals surface area contributed by atoms with Gasteiger partial charge in [-0.3, -0.25) is 14.5 Å². The molecule has 0 radical (unpaired) electrons. The first-order chi connectivity index (χ1) is 24.6. The number of amides is 5. The Hall–Kier alpha value is -4.36. The van der Waals surface area contributed by atoms with Gasteiger partial charge in [0.05, 0.1) is 7.11 Å². The molecule has 1 atom stereocenters. The topological polar surface area (TPSA) is 133 Å². The number of nitrogens with zero attached hydrogens (tertiary/aromatic N) is 4. The zero-order valence-corrected chi connectivity index (χ0v) is 30.4. The van der Waals surface area contributed by atoms with Crippen LogP contribution in [0, 0.1) is 13.8 Å². The van der Waals surface area contributed by atoms with E-state index in [2.05, 4.69) is 15.5 Å². The summed E-state index contributed by atoms with van der Waals surface area (Å²) in [6, 6.07) is 8.84. The second kappa shape index (κ2) is 16.3. The van der Waals surface area contributed by atoms with Crippen LogP contribution in [0.25, 0.3) is 0 Å². The first kappa shape index (κ1) is 36.4. The van der Waals surface area contributed by atoms with Crippen molar-refractivity contribution in [1.82, 2.24) is 24.9 Å². The minimum atomic E-state index is -0.768. The number of carbonyl (C=O) groups is 4. The number of piperidine rings is 1. The second-order valence-electron chi connectivity index (χ2n) is 14.2. The number of aryl methyl sites for hydroxylation is 2. The fourth-order valence-corrected chi connectivity index (χ4v) is 8.00. The molecule has 4 aliphatic rings. The lowest BCUT2D eigenvalue weighted by Gasteiger charge is -2.42. The third-order valence-corrected chi connectivity index (χ3v) is 10.8. The normalized spacial score (nSPS) is 19.8. The Labute approximate surface area is 300 Å². The predicted octanol–water partition coefficient (Wildman–Crippen LogP) is 3.74. The van der Waals surface area contributed by atoms with Gasteiger partial charge in [0.15, 0.2) is 0 Å². The van der Waals surface area contributed by atoms with Crippen molar-refractivity contribution in [2.75, 3.05) is 71.5 Å². The van der Waals surface area contributed by atoms with Crippen molar-refractivity contribution in [3.8, 4) is 11.5 Å². The zero-order valence-electron chi connectivity index (χ0n) is 30.4. The average molecular weight is 705 g/mol. The van der Waals surface area contributed by atoms with Crippen molar-refractivity contribution >= 4 is 29.6 Å². The molecule has 3 saturated heterocycles. The van der Waals surface area contributed by atoms with Gasteiger partial charge in [-0.1, -0.05) is 12.1 Å². The zero-order chi connectivity index (χ0) is 36.1. The summed E-state index contributed by atoms with van der Waals surface area (Å²) in [6.45, 7) is 11.0. The van der Waals surface area contributed by atoms with E-state index in [-0.39, 0.29) is 30.0 Å². The van der Waals surface area contributed by atoms with Crippen LogP contribution in [0.3, 0.4) is 0 Å². The van der Waals surface area contributed by atoms with Gasteiger partial charge >= 0.3 is 18.0 Å². The number of carbonyl (C=O) groups excluding carboxylic acids is 4. The minimum absolute atomic E-state index is 0.00334. The number of methoxy groups -OCH3 is 1. The number of esters is 1. The molecule has 2 aromatic carbocycles.